The lowest BCUT2D eigenvalue weighted by molar-refractivity contribution is 1.47. The lowest BCUT2D eigenvalue weighted by Crippen LogP contribution is -1.75. The molecular weight excluding hydrogens is 188 g/mol. The van der Waals surface area contributed by atoms with Crippen LogP contribution in [-0.2, 0) is 0 Å². The van der Waals surface area contributed by atoms with E-state index in [-0.39, 0.29) is 0 Å². The Kier molecular flexibility index (Phi) is 2.51. The van der Waals surface area contributed by atoms with Gasteiger partial charge in [-0.25, -0.2) is 0 Å². The normalized spacial score (nSPS) is 10.1. The van der Waals surface area contributed by atoms with Gasteiger partial charge in [0.15, 0.2) is 0 Å². The molecule has 1 heterocycles. The lowest BCUT2D eigenvalue weighted by Gasteiger charge is -1.98. The molecule has 1 aromatic heterocycles. The molecule has 0 unspecified atom stereocenters. The second kappa shape index (κ2) is 3.81. The van der Waals surface area contributed by atoms with Crippen molar-refractivity contribution in [3.63, 3.8) is 0 Å². The van der Waals surface area contributed by atoms with Gasteiger partial charge in [-0.1, -0.05) is 42.5 Å². The highest BCUT2D eigenvalue weighted by molar-refractivity contribution is 7.11. The predicted molar refractivity (Wildman–Crippen MR) is 64.6 cm³/mol. The smallest absolute Gasteiger partial charge is 0.0270 e. The summed E-state index contributed by atoms with van der Waals surface area (Å²) in [5, 5.41) is 2.17. The number of hydrogen-bond acceptors (Lipinski definition) is 1. The standard InChI is InChI=1S/C13H12S/c1-3-13-8-12(9-14-13)11-6-4-5-10(2)7-11/h3-9H,1H2,2H3. The molecule has 2 rings (SSSR count). The Hall–Kier alpha value is -1.34. The van der Waals surface area contributed by atoms with Gasteiger partial charge in [-0.05, 0) is 29.5 Å². The average molecular weight is 200 g/mol. The molecule has 14 heavy (non-hydrogen) atoms. The summed E-state index contributed by atoms with van der Waals surface area (Å²) in [7, 11) is 0. The Balaban J connectivity index is 2.43. The van der Waals surface area contributed by atoms with E-state index in [0.717, 1.165) is 0 Å². The van der Waals surface area contributed by atoms with Crippen molar-refractivity contribution in [1.29, 1.82) is 0 Å². The number of benzene rings is 1. The summed E-state index contributed by atoms with van der Waals surface area (Å²) in [6.45, 7) is 5.88. The highest BCUT2D eigenvalue weighted by Crippen LogP contribution is 2.26. The van der Waals surface area contributed by atoms with Gasteiger partial charge in [0, 0.05) is 4.88 Å². The molecule has 0 fully saturated rings. The van der Waals surface area contributed by atoms with Gasteiger partial charge in [0.05, 0.1) is 0 Å². The van der Waals surface area contributed by atoms with E-state index in [1.165, 1.54) is 21.6 Å². The molecule has 0 aliphatic heterocycles. The summed E-state index contributed by atoms with van der Waals surface area (Å²) in [4.78, 5) is 1.22. The van der Waals surface area contributed by atoms with Crippen LogP contribution < -0.4 is 0 Å². The van der Waals surface area contributed by atoms with E-state index in [1.807, 2.05) is 6.08 Å². The average Bonchev–Trinajstić information content (AvgIpc) is 2.66. The molecule has 0 saturated heterocycles. The summed E-state index contributed by atoms with van der Waals surface area (Å²) in [5.74, 6) is 0. The Bertz CT molecular complexity index is 452. The SMILES string of the molecule is C=Cc1cc(-c2cccc(C)c2)cs1. The maximum Gasteiger partial charge on any atom is 0.0270 e. The summed E-state index contributed by atoms with van der Waals surface area (Å²) in [6.07, 6.45) is 1.89. The summed E-state index contributed by atoms with van der Waals surface area (Å²) < 4.78 is 0. The van der Waals surface area contributed by atoms with Crippen molar-refractivity contribution in [2.24, 2.45) is 0 Å². The van der Waals surface area contributed by atoms with Gasteiger partial charge < -0.3 is 0 Å². The fourth-order valence-electron chi connectivity index (χ4n) is 1.44. The minimum absolute atomic E-state index is 1.22. The van der Waals surface area contributed by atoms with Gasteiger partial charge in [0.1, 0.15) is 0 Å². The van der Waals surface area contributed by atoms with Crippen molar-refractivity contribution in [3.05, 3.63) is 52.7 Å². The topological polar surface area (TPSA) is 0 Å². The first-order valence-corrected chi connectivity index (χ1v) is 5.45. The van der Waals surface area contributed by atoms with Gasteiger partial charge in [-0.3, -0.25) is 0 Å². The zero-order valence-corrected chi connectivity index (χ0v) is 8.97. The number of rotatable bonds is 2. The van der Waals surface area contributed by atoms with Crippen LogP contribution in [0.2, 0.25) is 0 Å². The maximum absolute atomic E-state index is 3.77. The molecule has 0 amide bonds. The third-order valence-electron chi connectivity index (χ3n) is 2.17. The molecule has 0 N–H and O–H groups in total. The Labute approximate surface area is 88.5 Å². The monoisotopic (exact) mass is 200 g/mol. The number of aryl methyl sites for hydroxylation is 1. The molecule has 1 heteroatoms. The van der Waals surface area contributed by atoms with Crippen LogP contribution in [-0.4, -0.2) is 0 Å². The molecule has 0 nitrogen and oxygen atoms in total. The van der Waals surface area contributed by atoms with E-state index in [2.05, 4.69) is 49.2 Å². The zero-order chi connectivity index (χ0) is 9.97. The zero-order valence-electron chi connectivity index (χ0n) is 8.16. The quantitative estimate of drug-likeness (QED) is 0.675. The lowest BCUT2D eigenvalue weighted by atomic mass is 10.1. The van der Waals surface area contributed by atoms with Crippen LogP contribution in [0.25, 0.3) is 17.2 Å². The van der Waals surface area contributed by atoms with Crippen LogP contribution in [0.15, 0.2) is 42.3 Å². The Morgan fingerprint density at radius 2 is 2.07 bits per heavy atom. The fourth-order valence-corrected chi connectivity index (χ4v) is 2.19. The molecule has 1 aromatic carbocycles. The number of thiophene rings is 1. The minimum Gasteiger partial charge on any atom is -0.144 e. The van der Waals surface area contributed by atoms with Crippen molar-refractivity contribution < 1.29 is 0 Å². The molecule has 0 radical (unpaired) electrons. The first kappa shape index (κ1) is 9.22. The van der Waals surface area contributed by atoms with E-state index < -0.39 is 0 Å². The van der Waals surface area contributed by atoms with Gasteiger partial charge >= 0.3 is 0 Å². The van der Waals surface area contributed by atoms with E-state index in [1.54, 1.807) is 11.3 Å². The first-order valence-electron chi connectivity index (χ1n) is 4.57. The molecule has 0 atom stereocenters. The summed E-state index contributed by atoms with van der Waals surface area (Å²) in [6, 6.07) is 10.7. The third-order valence-corrected chi connectivity index (χ3v) is 3.10. The second-order valence-corrected chi connectivity index (χ2v) is 4.25. The third kappa shape index (κ3) is 1.78. The minimum atomic E-state index is 1.22. The molecule has 70 valence electrons. The highest BCUT2D eigenvalue weighted by atomic mass is 32.1. The van der Waals surface area contributed by atoms with Crippen molar-refractivity contribution in [3.8, 4) is 11.1 Å². The van der Waals surface area contributed by atoms with Crippen LogP contribution in [0, 0.1) is 6.92 Å². The Morgan fingerprint density at radius 1 is 1.21 bits per heavy atom. The molecule has 2 aromatic rings. The second-order valence-electron chi connectivity index (χ2n) is 3.31. The van der Waals surface area contributed by atoms with Crippen molar-refractivity contribution >= 4 is 17.4 Å². The molecule has 0 spiro atoms. The fraction of sp³-hybridized carbons (Fsp3) is 0.0769. The molecule has 0 aliphatic carbocycles. The van der Waals surface area contributed by atoms with E-state index in [4.69, 9.17) is 0 Å². The maximum atomic E-state index is 3.77. The predicted octanol–water partition coefficient (Wildman–Crippen LogP) is 4.37. The van der Waals surface area contributed by atoms with Crippen molar-refractivity contribution in [2.45, 2.75) is 6.92 Å². The highest BCUT2D eigenvalue weighted by Gasteiger charge is 1.99. The molecular formula is C13H12S. The molecule has 0 saturated carbocycles. The van der Waals surface area contributed by atoms with E-state index >= 15 is 0 Å². The summed E-state index contributed by atoms with van der Waals surface area (Å²) >= 11 is 1.73. The molecule has 0 aliphatic rings. The van der Waals surface area contributed by atoms with Crippen LogP contribution >= 0.6 is 11.3 Å². The summed E-state index contributed by atoms with van der Waals surface area (Å²) in [5.41, 5.74) is 3.87. The van der Waals surface area contributed by atoms with Crippen LogP contribution in [0.1, 0.15) is 10.4 Å². The van der Waals surface area contributed by atoms with E-state index in [0.29, 0.717) is 0 Å². The number of hydrogen-bond donors (Lipinski definition) is 0. The van der Waals surface area contributed by atoms with Crippen molar-refractivity contribution in [2.75, 3.05) is 0 Å². The van der Waals surface area contributed by atoms with Gasteiger partial charge in [0.2, 0.25) is 0 Å². The van der Waals surface area contributed by atoms with Gasteiger partial charge in [-0.15, -0.1) is 11.3 Å². The van der Waals surface area contributed by atoms with Crippen LogP contribution in [0.5, 0.6) is 0 Å². The first-order chi connectivity index (χ1) is 6.79. The largest absolute Gasteiger partial charge is 0.144 e. The van der Waals surface area contributed by atoms with Crippen molar-refractivity contribution in [1.82, 2.24) is 0 Å². The molecule has 0 bridgehead atoms. The van der Waals surface area contributed by atoms with Crippen LogP contribution in [0.3, 0.4) is 0 Å². The van der Waals surface area contributed by atoms with Gasteiger partial charge in [0.25, 0.3) is 0 Å². The van der Waals surface area contributed by atoms with E-state index in [9.17, 15) is 0 Å². The van der Waals surface area contributed by atoms with Crippen LogP contribution in [0.4, 0.5) is 0 Å². The Morgan fingerprint density at radius 3 is 2.71 bits per heavy atom. The van der Waals surface area contributed by atoms with Gasteiger partial charge in [-0.2, -0.15) is 0 Å².